The largest absolute Gasteiger partial charge is 0.480 e. The molecule has 0 bridgehead atoms. The number of nitro groups is 1. The fraction of sp³-hybridized carbons (Fsp3) is 0.381. The monoisotopic (exact) mass is 732 g/mol. The molecule has 3 fully saturated rings. The third-order valence-corrected chi connectivity index (χ3v) is 11.0. The summed E-state index contributed by atoms with van der Waals surface area (Å²) in [5, 5.41) is 32.3. The van der Waals surface area contributed by atoms with Crippen LogP contribution in [0.1, 0.15) is 84.1 Å². The summed E-state index contributed by atoms with van der Waals surface area (Å²) < 4.78 is 6.06. The first-order chi connectivity index (χ1) is 25.8. The number of rotatable bonds is 10. The highest BCUT2D eigenvalue weighted by Gasteiger charge is 2.29. The summed E-state index contributed by atoms with van der Waals surface area (Å²) in [6, 6.07) is 17.2. The second-order valence-corrected chi connectivity index (χ2v) is 15.4. The molecule has 0 aliphatic heterocycles. The van der Waals surface area contributed by atoms with Crippen LogP contribution in [0, 0.1) is 10.1 Å². The Morgan fingerprint density at radius 1 is 0.704 bits per heavy atom. The molecular weight excluding hydrogens is 684 g/mol. The van der Waals surface area contributed by atoms with Crippen LogP contribution in [0.2, 0.25) is 0 Å². The van der Waals surface area contributed by atoms with E-state index in [0.29, 0.717) is 23.3 Å². The number of nitro benzene ring substituents is 1. The van der Waals surface area contributed by atoms with Gasteiger partial charge in [0.25, 0.3) is 5.69 Å². The smallest absolute Gasteiger partial charge is 0.320 e. The van der Waals surface area contributed by atoms with Crippen molar-refractivity contribution in [1.82, 2.24) is 13.7 Å². The first-order valence-corrected chi connectivity index (χ1v) is 18.6. The Morgan fingerprint density at radius 2 is 1.20 bits per heavy atom. The molecule has 2 atom stereocenters. The summed E-state index contributed by atoms with van der Waals surface area (Å²) in [5.74, 6) is -0.0769. The molecule has 3 aromatic heterocycles. The van der Waals surface area contributed by atoms with Crippen molar-refractivity contribution in [2.24, 2.45) is 32.6 Å². The van der Waals surface area contributed by atoms with Gasteiger partial charge in [0.2, 0.25) is 0 Å². The number of aromatic nitrogens is 3. The van der Waals surface area contributed by atoms with Gasteiger partial charge in [-0.05, 0) is 114 Å². The molecule has 0 spiro atoms. The number of hydrogen-bond acceptors (Lipinski definition) is 6. The molecule has 2 unspecified atom stereocenters. The molecule has 3 saturated carbocycles. The van der Waals surface area contributed by atoms with Crippen molar-refractivity contribution < 1.29 is 24.7 Å². The van der Waals surface area contributed by atoms with Crippen molar-refractivity contribution in [2.45, 2.75) is 81.2 Å². The molecule has 9 rings (SSSR count). The SMILES string of the molecule is Cn1cc(CC(N)C(=O)O)c2c([N+](=O)[O-])cc(C3CC3)cc21.Cn1cc(CC(N)C(=O)O)c2ccc(C3CC3)cc21.Cn1ccc2ccc(C3CC3)cc21. The van der Waals surface area contributed by atoms with Crippen LogP contribution < -0.4 is 11.5 Å². The number of carboxylic acid groups (broad SMARTS) is 2. The van der Waals surface area contributed by atoms with E-state index in [-0.39, 0.29) is 12.1 Å². The van der Waals surface area contributed by atoms with Gasteiger partial charge >= 0.3 is 11.9 Å². The Morgan fingerprint density at radius 3 is 1.78 bits per heavy atom. The Bertz CT molecular complexity index is 2390. The van der Waals surface area contributed by atoms with Crippen molar-refractivity contribution in [3.8, 4) is 0 Å². The summed E-state index contributed by atoms with van der Waals surface area (Å²) in [4.78, 5) is 32.9. The Kier molecular flexibility index (Phi) is 10.1. The van der Waals surface area contributed by atoms with Gasteiger partial charge in [-0.1, -0.05) is 24.3 Å². The number of non-ortho nitro benzene ring substituents is 1. The zero-order valence-electron chi connectivity index (χ0n) is 30.9. The van der Waals surface area contributed by atoms with Crippen molar-refractivity contribution in [3.05, 3.63) is 111 Å². The van der Waals surface area contributed by atoms with E-state index in [0.717, 1.165) is 52.2 Å². The second kappa shape index (κ2) is 14.8. The lowest BCUT2D eigenvalue weighted by atomic mass is 10.0. The van der Waals surface area contributed by atoms with Crippen LogP contribution in [0.3, 0.4) is 0 Å². The normalized spacial score (nSPS) is 16.4. The fourth-order valence-corrected chi connectivity index (χ4v) is 7.48. The summed E-state index contributed by atoms with van der Waals surface area (Å²) in [6.45, 7) is 0. The van der Waals surface area contributed by atoms with Crippen LogP contribution in [-0.2, 0) is 43.6 Å². The molecule has 54 heavy (non-hydrogen) atoms. The highest BCUT2D eigenvalue weighted by Crippen LogP contribution is 2.44. The van der Waals surface area contributed by atoms with Crippen LogP contribution in [0.4, 0.5) is 5.69 Å². The van der Waals surface area contributed by atoms with E-state index < -0.39 is 28.9 Å². The van der Waals surface area contributed by atoms with E-state index in [4.69, 9.17) is 21.7 Å². The molecule has 3 aliphatic carbocycles. The first-order valence-electron chi connectivity index (χ1n) is 18.6. The molecule has 282 valence electrons. The molecule has 12 heteroatoms. The average Bonchev–Trinajstić information content (AvgIpc) is 4.04. The van der Waals surface area contributed by atoms with Gasteiger partial charge in [0.1, 0.15) is 12.1 Å². The lowest BCUT2D eigenvalue weighted by molar-refractivity contribution is -0.383. The van der Waals surface area contributed by atoms with Gasteiger partial charge in [-0.25, -0.2) is 0 Å². The molecule has 0 radical (unpaired) electrons. The van der Waals surface area contributed by atoms with Crippen LogP contribution in [0.15, 0.2) is 73.2 Å². The number of nitrogens with zero attached hydrogens (tertiary/aromatic N) is 4. The van der Waals surface area contributed by atoms with Crippen molar-refractivity contribution >= 4 is 50.3 Å². The lowest BCUT2D eigenvalue weighted by Gasteiger charge is -2.06. The van der Waals surface area contributed by atoms with Gasteiger partial charge in [-0.3, -0.25) is 19.7 Å². The first kappa shape index (κ1) is 36.9. The molecule has 6 aromatic rings. The van der Waals surface area contributed by atoms with Gasteiger partial charge in [-0.2, -0.15) is 0 Å². The van der Waals surface area contributed by atoms with Gasteiger partial charge in [-0.15, -0.1) is 0 Å². The Hall–Kier alpha value is -5.46. The number of aryl methyl sites for hydroxylation is 3. The molecule has 12 nitrogen and oxygen atoms in total. The predicted octanol–water partition coefficient (Wildman–Crippen LogP) is 6.98. The maximum absolute atomic E-state index is 11.4. The van der Waals surface area contributed by atoms with Gasteiger partial charge in [0.15, 0.2) is 0 Å². The standard InChI is InChI=1S/C15H17N3O4.C15H18N2O2.C12H13N/c1-17-7-10(4-11(16)15(19)20)14-12(17)5-9(8-2-3-8)6-13(14)18(21)22;1-17-8-11(6-13(16)15(18)19)12-5-4-10(7-14(12)17)9-2-3-9;1-13-7-6-10-4-5-11(8-12(10)13)9-2-3-9/h5-8,11H,2-4,16H2,1H3,(H,19,20);4-5,7-9,13H,2-3,6,16H2,1H3,(H,18,19);4-9H,2-3H2,1H3. The van der Waals surface area contributed by atoms with E-state index in [2.05, 4.69) is 64.8 Å². The maximum atomic E-state index is 11.4. The molecule has 3 aliphatic rings. The van der Waals surface area contributed by atoms with Crippen LogP contribution >= 0.6 is 0 Å². The minimum absolute atomic E-state index is 0.0348. The highest BCUT2D eigenvalue weighted by molar-refractivity contribution is 5.94. The minimum atomic E-state index is -1.12. The number of carboxylic acids is 2. The van der Waals surface area contributed by atoms with Crippen LogP contribution in [0.25, 0.3) is 32.7 Å². The average molecular weight is 733 g/mol. The predicted molar refractivity (Wildman–Crippen MR) is 210 cm³/mol. The zero-order valence-corrected chi connectivity index (χ0v) is 30.9. The number of nitrogens with two attached hydrogens (primary N) is 2. The highest BCUT2D eigenvalue weighted by atomic mass is 16.6. The number of aliphatic carboxylic acids is 2. The molecule has 3 aromatic carbocycles. The van der Waals surface area contributed by atoms with Crippen molar-refractivity contribution in [2.75, 3.05) is 0 Å². The third-order valence-electron chi connectivity index (χ3n) is 11.0. The molecule has 0 saturated heterocycles. The van der Waals surface area contributed by atoms with E-state index >= 15 is 0 Å². The number of benzene rings is 3. The summed E-state index contributed by atoms with van der Waals surface area (Å²) in [5.41, 5.74) is 20.0. The van der Waals surface area contributed by atoms with Gasteiger partial charge in [0.05, 0.1) is 15.8 Å². The van der Waals surface area contributed by atoms with Crippen molar-refractivity contribution in [3.63, 3.8) is 0 Å². The van der Waals surface area contributed by atoms with Crippen LogP contribution in [-0.4, -0.2) is 52.9 Å². The number of carbonyl (C=O) groups is 2. The third kappa shape index (κ3) is 7.90. The van der Waals surface area contributed by atoms with E-state index in [1.54, 1.807) is 23.9 Å². The number of fused-ring (bicyclic) bond motifs is 3. The van der Waals surface area contributed by atoms with E-state index in [1.807, 2.05) is 19.3 Å². The van der Waals surface area contributed by atoms with Gasteiger partial charge in [0, 0.05) is 75.1 Å². The maximum Gasteiger partial charge on any atom is 0.320 e. The van der Waals surface area contributed by atoms with Crippen LogP contribution in [0.5, 0.6) is 0 Å². The van der Waals surface area contributed by atoms with E-state index in [1.165, 1.54) is 47.7 Å². The summed E-state index contributed by atoms with van der Waals surface area (Å²) in [7, 11) is 5.91. The minimum Gasteiger partial charge on any atom is -0.480 e. The van der Waals surface area contributed by atoms with Gasteiger partial charge < -0.3 is 35.4 Å². The number of hydrogen-bond donors (Lipinski definition) is 4. The van der Waals surface area contributed by atoms with Crippen molar-refractivity contribution in [1.29, 1.82) is 0 Å². The summed E-state index contributed by atoms with van der Waals surface area (Å²) >= 11 is 0. The van der Waals surface area contributed by atoms with E-state index in [9.17, 15) is 19.7 Å². The zero-order chi connectivity index (χ0) is 38.4. The molecule has 3 heterocycles. The lowest BCUT2D eigenvalue weighted by Crippen LogP contribution is -2.32. The second-order valence-electron chi connectivity index (χ2n) is 15.4. The Balaban J connectivity index is 0.000000129. The molecule has 0 amide bonds. The molecular formula is C42H48N6O6. The molecule has 6 N–H and O–H groups in total. The summed E-state index contributed by atoms with van der Waals surface area (Å²) in [6.07, 6.45) is 13.7. The quantitative estimate of drug-likeness (QED) is 0.0858. The topological polar surface area (TPSA) is 185 Å². The fourth-order valence-electron chi connectivity index (χ4n) is 7.48. The Labute approximate surface area is 313 Å².